The number of hydrogen-bond donors (Lipinski definition) is 3. The first kappa shape index (κ1) is 16.5. The van der Waals surface area contributed by atoms with E-state index in [1.54, 1.807) is 0 Å². The van der Waals surface area contributed by atoms with Crippen LogP contribution in [0.25, 0.3) is 0 Å². The molecule has 0 spiro atoms. The Morgan fingerprint density at radius 3 is 2.71 bits per heavy atom. The van der Waals surface area contributed by atoms with Crippen molar-refractivity contribution in [1.82, 2.24) is 10.9 Å². The molecule has 3 rings (SSSR count). The molecule has 2 atom stereocenters. The van der Waals surface area contributed by atoms with E-state index in [1.807, 2.05) is 49.5 Å². The summed E-state index contributed by atoms with van der Waals surface area (Å²) in [6.07, 6.45) is 0.727. The molecule has 0 saturated carbocycles. The Hall–Kier alpha value is -2.37. The van der Waals surface area contributed by atoms with Crippen LogP contribution in [0.5, 0.6) is 0 Å². The van der Waals surface area contributed by atoms with Gasteiger partial charge in [0, 0.05) is 31.0 Å². The normalized spacial score (nSPS) is 19.9. The zero-order valence-corrected chi connectivity index (χ0v) is 14.1. The number of carbonyl (C=O) groups is 1. The monoisotopic (exact) mass is 324 g/mol. The molecule has 2 aromatic rings. The van der Waals surface area contributed by atoms with E-state index in [9.17, 15) is 4.79 Å². The van der Waals surface area contributed by atoms with Crippen LogP contribution in [0.3, 0.4) is 0 Å². The molecule has 0 radical (unpaired) electrons. The number of hydrazine groups is 1. The van der Waals surface area contributed by atoms with Gasteiger partial charge in [-0.25, -0.2) is 10.9 Å². The molecule has 0 bridgehead atoms. The largest absolute Gasteiger partial charge is 0.375 e. The average Bonchev–Trinajstić information content (AvgIpc) is 3.12. The van der Waals surface area contributed by atoms with Crippen molar-refractivity contribution in [2.75, 3.05) is 23.8 Å². The van der Waals surface area contributed by atoms with Crippen LogP contribution in [-0.2, 0) is 4.79 Å². The number of amides is 1. The van der Waals surface area contributed by atoms with Crippen LogP contribution in [0.4, 0.5) is 11.4 Å². The number of nitrogens with zero attached hydrogens (tertiary/aromatic N) is 1. The van der Waals surface area contributed by atoms with E-state index in [0.29, 0.717) is 0 Å². The van der Waals surface area contributed by atoms with Crippen LogP contribution in [0.2, 0.25) is 0 Å². The number of benzene rings is 2. The van der Waals surface area contributed by atoms with E-state index in [4.69, 9.17) is 0 Å². The van der Waals surface area contributed by atoms with Gasteiger partial charge in [0.2, 0.25) is 5.91 Å². The standard InChI is InChI=1S/C19H24N4O/c1-3-23(2)16-11-7-10-15(12-16)20-19(24)18-13-17(21-22-18)14-8-5-4-6-9-14/h4-12,17-18,21-22H,3,13H2,1-2H3,(H,20,24). The van der Waals surface area contributed by atoms with Gasteiger partial charge < -0.3 is 10.2 Å². The fourth-order valence-electron chi connectivity index (χ4n) is 2.87. The summed E-state index contributed by atoms with van der Waals surface area (Å²) in [5, 5.41) is 3.01. The van der Waals surface area contributed by atoms with Crippen molar-refractivity contribution >= 4 is 17.3 Å². The highest BCUT2D eigenvalue weighted by Gasteiger charge is 2.30. The van der Waals surface area contributed by atoms with Gasteiger partial charge in [-0.15, -0.1) is 0 Å². The molecule has 24 heavy (non-hydrogen) atoms. The predicted molar refractivity (Wildman–Crippen MR) is 97.9 cm³/mol. The molecule has 2 unspecified atom stereocenters. The SMILES string of the molecule is CCN(C)c1cccc(NC(=O)C2CC(c3ccccc3)NN2)c1. The summed E-state index contributed by atoms with van der Waals surface area (Å²) in [7, 11) is 2.04. The molecule has 0 aliphatic carbocycles. The van der Waals surface area contributed by atoms with Gasteiger partial charge in [0.25, 0.3) is 0 Å². The van der Waals surface area contributed by atoms with Gasteiger partial charge in [0.1, 0.15) is 6.04 Å². The third-order valence-corrected chi connectivity index (χ3v) is 4.45. The molecule has 1 aliphatic heterocycles. The Kier molecular flexibility index (Phi) is 5.13. The second kappa shape index (κ2) is 7.47. The molecular weight excluding hydrogens is 300 g/mol. The minimum atomic E-state index is -0.247. The van der Waals surface area contributed by atoms with Crippen molar-refractivity contribution in [3.05, 3.63) is 60.2 Å². The maximum atomic E-state index is 12.5. The summed E-state index contributed by atoms with van der Waals surface area (Å²) in [5.74, 6) is -0.0165. The Morgan fingerprint density at radius 2 is 1.96 bits per heavy atom. The number of hydrogen-bond acceptors (Lipinski definition) is 4. The first-order valence-electron chi connectivity index (χ1n) is 8.35. The lowest BCUT2D eigenvalue weighted by molar-refractivity contribution is -0.117. The molecular formula is C19H24N4O. The van der Waals surface area contributed by atoms with Crippen LogP contribution in [0.15, 0.2) is 54.6 Å². The minimum Gasteiger partial charge on any atom is -0.375 e. The lowest BCUT2D eigenvalue weighted by Crippen LogP contribution is -2.39. The first-order chi connectivity index (χ1) is 11.7. The molecule has 0 aromatic heterocycles. The van der Waals surface area contributed by atoms with Crippen LogP contribution >= 0.6 is 0 Å². The Morgan fingerprint density at radius 1 is 1.17 bits per heavy atom. The van der Waals surface area contributed by atoms with E-state index in [-0.39, 0.29) is 18.0 Å². The van der Waals surface area contributed by atoms with Gasteiger partial charge in [-0.1, -0.05) is 36.4 Å². The summed E-state index contributed by atoms with van der Waals surface area (Å²) in [5.41, 5.74) is 9.41. The predicted octanol–water partition coefficient (Wildman–Crippen LogP) is 2.69. The maximum Gasteiger partial charge on any atom is 0.242 e. The zero-order valence-electron chi connectivity index (χ0n) is 14.1. The van der Waals surface area contributed by atoms with Crippen molar-refractivity contribution in [2.45, 2.75) is 25.4 Å². The summed E-state index contributed by atoms with van der Waals surface area (Å²) < 4.78 is 0. The highest BCUT2D eigenvalue weighted by Crippen LogP contribution is 2.23. The van der Waals surface area contributed by atoms with Crippen molar-refractivity contribution in [3.8, 4) is 0 Å². The quantitative estimate of drug-likeness (QED) is 0.791. The van der Waals surface area contributed by atoms with Gasteiger partial charge in [-0.05, 0) is 37.1 Å². The molecule has 126 valence electrons. The van der Waals surface area contributed by atoms with Gasteiger partial charge in [0.15, 0.2) is 0 Å². The molecule has 1 fully saturated rings. The topological polar surface area (TPSA) is 56.4 Å². The Balaban J connectivity index is 1.62. The van der Waals surface area contributed by atoms with Gasteiger partial charge in [-0.2, -0.15) is 0 Å². The first-order valence-corrected chi connectivity index (χ1v) is 8.35. The van der Waals surface area contributed by atoms with Crippen molar-refractivity contribution in [3.63, 3.8) is 0 Å². The van der Waals surface area contributed by atoms with E-state index >= 15 is 0 Å². The summed E-state index contributed by atoms with van der Waals surface area (Å²) in [4.78, 5) is 14.7. The average molecular weight is 324 g/mol. The molecule has 1 amide bonds. The van der Waals surface area contributed by atoms with Gasteiger partial charge in [-0.3, -0.25) is 4.79 Å². The van der Waals surface area contributed by atoms with Crippen molar-refractivity contribution in [2.24, 2.45) is 0 Å². The summed E-state index contributed by atoms with van der Waals surface area (Å²) >= 11 is 0. The van der Waals surface area contributed by atoms with Crippen molar-refractivity contribution < 1.29 is 4.79 Å². The molecule has 2 aromatic carbocycles. The molecule has 5 nitrogen and oxygen atoms in total. The van der Waals surface area contributed by atoms with E-state index in [2.05, 4.69) is 40.1 Å². The van der Waals surface area contributed by atoms with Gasteiger partial charge in [0.05, 0.1) is 0 Å². The van der Waals surface area contributed by atoms with Crippen LogP contribution in [-0.4, -0.2) is 25.5 Å². The lowest BCUT2D eigenvalue weighted by atomic mass is 10.0. The number of carbonyl (C=O) groups excluding carboxylic acids is 1. The fourth-order valence-corrected chi connectivity index (χ4v) is 2.87. The van der Waals surface area contributed by atoms with Gasteiger partial charge >= 0.3 is 0 Å². The minimum absolute atomic E-state index is 0.0165. The zero-order chi connectivity index (χ0) is 16.9. The lowest BCUT2D eigenvalue weighted by Gasteiger charge is -2.18. The Labute approximate surface area is 143 Å². The van der Waals surface area contributed by atoms with Crippen LogP contribution in [0, 0.1) is 0 Å². The highest BCUT2D eigenvalue weighted by atomic mass is 16.2. The molecule has 1 heterocycles. The third-order valence-electron chi connectivity index (χ3n) is 4.45. The number of anilines is 2. The highest BCUT2D eigenvalue weighted by molar-refractivity contribution is 5.95. The fraction of sp³-hybridized carbons (Fsp3) is 0.316. The van der Waals surface area contributed by atoms with E-state index in [1.165, 1.54) is 5.56 Å². The summed E-state index contributed by atoms with van der Waals surface area (Å²) in [6.45, 7) is 3.02. The Bertz CT molecular complexity index is 689. The molecule has 1 saturated heterocycles. The van der Waals surface area contributed by atoms with Crippen LogP contribution < -0.4 is 21.1 Å². The molecule has 3 N–H and O–H groups in total. The van der Waals surface area contributed by atoms with E-state index in [0.717, 1.165) is 24.3 Å². The third kappa shape index (κ3) is 3.75. The second-order valence-corrected chi connectivity index (χ2v) is 6.09. The number of nitrogens with one attached hydrogen (secondary N) is 3. The van der Waals surface area contributed by atoms with Crippen LogP contribution in [0.1, 0.15) is 24.9 Å². The number of rotatable bonds is 5. The maximum absolute atomic E-state index is 12.5. The molecule has 1 aliphatic rings. The van der Waals surface area contributed by atoms with E-state index < -0.39 is 0 Å². The summed E-state index contributed by atoms with van der Waals surface area (Å²) in [6, 6.07) is 18.0. The second-order valence-electron chi connectivity index (χ2n) is 6.09. The molecule has 5 heteroatoms. The smallest absolute Gasteiger partial charge is 0.242 e. The van der Waals surface area contributed by atoms with Crippen molar-refractivity contribution in [1.29, 1.82) is 0 Å².